The van der Waals surface area contributed by atoms with Gasteiger partial charge in [0.15, 0.2) is 5.96 Å². The van der Waals surface area contributed by atoms with Crippen LogP contribution in [0.2, 0.25) is 0 Å². The van der Waals surface area contributed by atoms with E-state index < -0.39 is 0 Å². The highest BCUT2D eigenvalue weighted by Crippen LogP contribution is 2.25. The van der Waals surface area contributed by atoms with Gasteiger partial charge >= 0.3 is 0 Å². The second kappa shape index (κ2) is 7.35. The molecular formula is C19H30N4. The Morgan fingerprint density at radius 1 is 1.13 bits per heavy atom. The predicted molar refractivity (Wildman–Crippen MR) is 96.2 cm³/mol. The summed E-state index contributed by atoms with van der Waals surface area (Å²) in [6.45, 7) is 6.57. The maximum Gasteiger partial charge on any atom is 0.191 e. The monoisotopic (exact) mass is 314 g/mol. The van der Waals surface area contributed by atoms with Crippen LogP contribution >= 0.6 is 0 Å². The van der Waals surface area contributed by atoms with Crippen molar-refractivity contribution in [3.63, 3.8) is 0 Å². The molecule has 1 aliphatic carbocycles. The van der Waals surface area contributed by atoms with Gasteiger partial charge in [-0.15, -0.1) is 0 Å². The molecule has 0 bridgehead atoms. The summed E-state index contributed by atoms with van der Waals surface area (Å²) in [6.07, 6.45) is 5.16. The Bertz CT molecular complexity index is 525. The zero-order valence-corrected chi connectivity index (χ0v) is 14.5. The molecule has 2 fully saturated rings. The quantitative estimate of drug-likeness (QED) is 0.671. The SMILES string of the molecule is CC1CCN(Cc2ccc(CN=C(N)N(C)C3CC3)cc2)CC1. The lowest BCUT2D eigenvalue weighted by molar-refractivity contribution is 0.185. The minimum absolute atomic E-state index is 0.619. The lowest BCUT2D eigenvalue weighted by Crippen LogP contribution is -2.35. The highest BCUT2D eigenvalue weighted by molar-refractivity contribution is 5.78. The zero-order valence-electron chi connectivity index (χ0n) is 14.5. The first-order valence-electron chi connectivity index (χ1n) is 8.95. The number of likely N-dealkylation sites (tertiary alicyclic amines) is 1. The van der Waals surface area contributed by atoms with E-state index in [1.54, 1.807) is 0 Å². The van der Waals surface area contributed by atoms with Gasteiger partial charge in [-0.3, -0.25) is 4.90 Å². The van der Waals surface area contributed by atoms with E-state index in [1.165, 1.54) is 49.9 Å². The molecule has 23 heavy (non-hydrogen) atoms. The van der Waals surface area contributed by atoms with Crippen LogP contribution in [-0.4, -0.2) is 41.9 Å². The highest BCUT2D eigenvalue weighted by Gasteiger charge is 2.27. The van der Waals surface area contributed by atoms with E-state index in [9.17, 15) is 0 Å². The topological polar surface area (TPSA) is 44.9 Å². The Morgan fingerprint density at radius 3 is 2.35 bits per heavy atom. The summed E-state index contributed by atoms with van der Waals surface area (Å²) >= 11 is 0. The minimum Gasteiger partial charge on any atom is -0.370 e. The van der Waals surface area contributed by atoms with Crippen LogP contribution in [0.1, 0.15) is 43.7 Å². The van der Waals surface area contributed by atoms with Crippen molar-refractivity contribution in [3.8, 4) is 0 Å². The Morgan fingerprint density at radius 2 is 1.74 bits per heavy atom. The molecule has 3 rings (SSSR count). The van der Waals surface area contributed by atoms with Gasteiger partial charge in [0.25, 0.3) is 0 Å². The summed E-state index contributed by atoms with van der Waals surface area (Å²) in [6, 6.07) is 9.48. The number of benzene rings is 1. The molecule has 1 aromatic carbocycles. The number of nitrogens with zero attached hydrogens (tertiary/aromatic N) is 3. The second-order valence-electron chi connectivity index (χ2n) is 7.29. The number of guanidine groups is 1. The van der Waals surface area contributed by atoms with Crippen LogP contribution in [0.5, 0.6) is 0 Å². The maximum absolute atomic E-state index is 6.04. The summed E-state index contributed by atoms with van der Waals surface area (Å²) in [4.78, 5) is 9.19. The van der Waals surface area contributed by atoms with E-state index >= 15 is 0 Å². The third kappa shape index (κ3) is 4.71. The first kappa shape index (κ1) is 16.3. The van der Waals surface area contributed by atoms with Gasteiger partial charge in [-0.2, -0.15) is 0 Å². The Labute approximate surface area is 140 Å². The van der Waals surface area contributed by atoms with E-state index in [1.807, 2.05) is 7.05 Å². The van der Waals surface area contributed by atoms with Crippen molar-refractivity contribution in [1.29, 1.82) is 0 Å². The van der Waals surface area contributed by atoms with Crippen molar-refractivity contribution in [2.75, 3.05) is 20.1 Å². The van der Waals surface area contributed by atoms with Crippen molar-refractivity contribution < 1.29 is 0 Å². The van der Waals surface area contributed by atoms with E-state index in [2.05, 4.69) is 46.0 Å². The molecule has 0 amide bonds. The van der Waals surface area contributed by atoms with Crippen LogP contribution in [-0.2, 0) is 13.1 Å². The van der Waals surface area contributed by atoms with Crippen LogP contribution in [0, 0.1) is 5.92 Å². The normalized spacial score (nSPS) is 20.7. The molecule has 1 heterocycles. The molecule has 1 aliphatic heterocycles. The standard InChI is InChI=1S/C19H30N4/c1-15-9-11-23(12-10-15)14-17-5-3-16(4-6-17)13-21-19(20)22(2)18-7-8-18/h3-6,15,18H,7-14H2,1-2H3,(H2,20,21). The van der Waals surface area contributed by atoms with Crippen molar-refractivity contribution in [2.45, 2.75) is 51.7 Å². The number of nitrogens with two attached hydrogens (primary N) is 1. The average molecular weight is 314 g/mol. The molecule has 4 heteroatoms. The highest BCUT2D eigenvalue weighted by atomic mass is 15.3. The fourth-order valence-corrected chi connectivity index (χ4v) is 3.16. The molecule has 0 unspecified atom stereocenters. The van der Waals surface area contributed by atoms with Crippen molar-refractivity contribution in [2.24, 2.45) is 16.6 Å². The molecule has 0 radical (unpaired) electrons. The first-order valence-corrected chi connectivity index (χ1v) is 8.95. The lowest BCUT2D eigenvalue weighted by Gasteiger charge is -2.30. The smallest absolute Gasteiger partial charge is 0.191 e. The molecule has 0 aromatic heterocycles. The van der Waals surface area contributed by atoms with Crippen LogP contribution in [0.25, 0.3) is 0 Å². The Hall–Kier alpha value is -1.55. The zero-order chi connectivity index (χ0) is 16.2. The van der Waals surface area contributed by atoms with Crippen molar-refractivity contribution in [1.82, 2.24) is 9.80 Å². The number of rotatable bonds is 5. The molecule has 4 nitrogen and oxygen atoms in total. The van der Waals surface area contributed by atoms with Gasteiger partial charge in [0.05, 0.1) is 6.54 Å². The predicted octanol–water partition coefficient (Wildman–Crippen LogP) is 2.83. The van der Waals surface area contributed by atoms with Crippen LogP contribution < -0.4 is 5.73 Å². The summed E-state index contributed by atoms with van der Waals surface area (Å²) in [5.41, 5.74) is 8.67. The van der Waals surface area contributed by atoms with Crippen molar-refractivity contribution >= 4 is 5.96 Å². The fourth-order valence-electron chi connectivity index (χ4n) is 3.16. The fraction of sp³-hybridized carbons (Fsp3) is 0.632. The molecule has 0 spiro atoms. The summed E-state index contributed by atoms with van der Waals surface area (Å²) in [7, 11) is 2.04. The van der Waals surface area contributed by atoms with Crippen molar-refractivity contribution in [3.05, 3.63) is 35.4 Å². The molecule has 1 saturated carbocycles. The molecule has 2 N–H and O–H groups in total. The van der Waals surface area contributed by atoms with Crippen LogP contribution in [0.4, 0.5) is 0 Å². The van der Waals surface area contributed by atoms with Gasteiger partial charge in [-0.1, -0.05) is 31.2 Å². The summed E-state index contributed by atoms with van der Waals surface area (Å²) in [5, 5.41) is 0. The third-order valence-electron chi connectivity index (χ3n) is 5.19. The average Bonchev–Trinajstić information content (AvgIpc) is 3.40. The minimum atomic E-state index is 0.619. The Kier molecular flexibility index (Phi) is 5.21. The maximum atomic E-state index is 6.04. The molecule has 126 valence electrons. The van der Waals surface area contributed by atoms with Gasteiger partial charge in [-0.25, -0.2) is 4.99 Å². The van der Waals surface area contributed by atoms with Crippen LogP contribution in [0.15, 0.2) is 29.3 Å². The molecular weight excluding hydrogens is 284 g/mol. The van der Waals surface area contributed by atoms with Gasteiger partial charge < -0.3 is 10.6 Å². The first-order chi connectivity index (χ1) is 11.1. The Balaban J connectivity index is 1.49. The number of hydrogen-bond donors (Lipinski definition) is 1. The van der Waals surface area contributed by atoms with Crippen LogP contribution in [0.3, 0.4) is 0 Å². The van der Waals surface area contributed by atoms with Gasteiger partial charge in [-0.05, 0) is 55.8 Å². The largest absolute Gasteiger partial charge is 0.370 e. The second-order valence-corrected chi connectivity index (χ2v) is 7.29. The summed E-state index contributed by atoms with van der Waals surface area (Å²) in [5.74, 6) is 1.56. The molecule has 0 atom stereocenters. The molecule has 1 saturated heterocycles. The number of hydrogen-bond acceptors (Lipinski definition) is 2. The van der Waals surface area contributed by atoms with E-state index in [0.29, 0.717) is 18.5 Å². The molecule has 1 aromatic rings. The van der Waals surface area contributed by atoms with Gasteiger partial charge in [0.2, 0.25) is 0 Å². The van der Waals surface area contributed by atoms with E-state index in [-0.39, 0.29) is 0 Å². The van der Waals surface area contributed by atoms with Gasteiger partial charge in [0, 0.05) is 19.6 Å². The van der Waals surface area contributed by atoms with Gasteiger partial charge in [0.1, 0.15) is 0 Å². The molecule has 2 aliphatic rings. The van der Waals surface area contributed by atoms with E-state index in [4.69, 9.17) is 5.73 Å². The lowest BCUT2D eigenvalue weighted by atomic mass is 9.99. The van der Waals surface area contributed by atoms with E-state index in [0.717, 1.165) is 12.5 Å². The number of piperidine rings is 1. The number of aliphatic imine (C=N–C) groups is 1. The summed E-state index contributed by atoms with van der Waals surface area (Å²) < 4.78 is 0. The third-order valence-corrected chi connectivity index (χ3v) is 5.19.